The Bertz CT molecular complexity index is 568. The van der Waals surface area contributed by atoms with Gasteiger partial charge in [-0.25, -0.2) is 0 Å². The van der Waals surface area contributed by atoms with Crippen molar-refractivity contribution >= 4 is 29.9 Å². The van der Waals surface area contributed by atoms with Crippen molar-refractivity contribution in [3.05, 3.63) is 23.8 Å². The minimum Gasteiger partial charge on any atom is -0.493 e. The minimum absolute atomic E-state index is 0. The fourth-order valence-corrected chi connectivity index (χ4v) is 2.96. The average Bonchev–Trinajstić information content (AvgIpc) is 2.69. The highest BCUT2D eigenvalue weighted by Crippen LogP contribution is 2.27. The molecule has 29 heavy (non-hydrogen) atoms. The molecule has 0 saturated heterocycles. The number of hydrogen-bond donors (Lipinski definition) is 2. The second kappa shape index (κ2) is 17.6. The van der Waals surface area contributed by atoms with Crippen LogP contribution in [0.4, 0.5) is 0 Å². The van der Waals surface area contributed by atoms with Gasteiger partial charge in [-0.05, 0) is 64.5 Å². The molecule has 0 fully saturated rings. The van der Waals surface area contributed by atoms with Gasteiger partial charge in [0.2, 0.25) is 0 Å². The van der Waals surface area contributed by atoms with Crippen molar-refractivity contribution < 1.29 is 9.47 Å². The molecule has 0 aromatic heterocycles. The highest BCUT2D eigenvalue weighted by Gasteiger charge is 2.05. The third-order valence-corrected chi connectivity index (χ3v) is 4.53. The number of methoxy groups -OCH3 is 2. The topological polar surface area (TPSA) is 58.1 Å². The van der Waals surface area contributed by atoms with Gasteiger partial charge in [-0.3, -0.25) is 4.99 Å². The van der Waals surface area contributed by atoms with Crippen LogP contribution in [-0.4, -0.2) is 65.4 Å². The van der Waals surface area contributed by atoms with Crippen LogP contribution >= 0.6 is 24.0 Å². The first-order valence-corrected chi connectivity index (χ1v) is 10.5. The third-order valence-electron chi connectivity index (χ3n) is 4.53. The largest absolute Gasteiger partial charge is 0.493 e. The lowest BCUT2D eigenvalue weighted by atomic mass is 10.1. The Balaban J connectivity index is 0.00000784. The maximum absolute atomic E-state index is 5.37. The van der Waals surface area contributed by atoms with E-state index in [-0.39, 0.29) is 24.0 Å². The average molecular weight is 521 g/mol. The molecule has 0 aliphatic carbocycles. The maximum atomic E-state index is 5.37. The predicted molar refractivity (Wildman–Crippen MR) is 134 cm³/mol. The van der Waals surface area contributed by atoms with Crippen molar-refractivity contribution in [3.8, 4) is 11.5 Å². The van der Waals surface area contributed by atoms with Gasteiger partial charge in [0.05, 0.1) is 14.2 Å². The van der Waals surface area contributed by atoms with Crippen LogP contribution in [0.3, 0.4) is 0 Å². The number of benzene rings is 1. The van der Waals surface area contributed by atoms with Crippen LogP contribution in [0.2, 0.25) is 0 Å². The lowest BCUT2D eigenvalue weighted by Gasteiger charge is -2.13. The van der Waals surface area contributed by atoms with E-state index in [0.717, 1.165) is 49.9 Å². The SMILES string of the molecule is CCNC(=NCCCCCCCN(C)C)NCCc1ccc(OC)c(OC)c1.I. The second-order valence-corrected chi connectivity index (χ2v) is 7.20. The molecule has 0 aliphatic heterocycles. The Labute approximate surface area is 194 Å². The zero-order valence-electron chi connectivity index (χ0n) is 18.9. The van der Waals surface area contributed by atoms with Crippen LogP contribution in [0.1, 0.15) is 44.6 Å². The molecule has 2 N–H and O–H groups in total. The Kier molecular flexibility index (Phi) is 16.9. The number of rotatable bonds is 14. The molecule has 0 atom stereocenters. The minimum atomic E-state index is 0. The van der Waals surface area contributed by atoms with Crippen molar-refractivity contribution in [1.29, 1.82) is 0 Å². The van der Waals surface area contributed by atoms with Crippen molar-refractivity contribution in [3.63, 3.8) is 0 Å². The highest BCUT2D eigenvalue weighted by molar-refractivity contribution is 14.0. The number of nitrogens with one attached hydrogen (secondary N) is 2. The highest BCUT2D eigenvalue weighted by atomic mass is 127. The number of aliphatic imine (C=N–C) groups is 1. The summed E-state index contributed by atoms with van der Waals surface area (Å²) in [5.41, 5.74) is 1.21. The first-order valence-electron chi connectivity index (χ1n) is 10.5. The summed E-state index contributed by atoms with van der Waals surface area (Å²) in [4.78, 5) is 6.94. The molecule has 6 nitrogen and oxygen atoms in total. The summed E-state index contributed by atoms with van der Waals surface area (Å²) in [5, 5.41) is 6.74. The van der Waals surface area contributed by atoms with Gasteiger partial charge in [0.1, 0.15) is 0 Å². The van der Waals surface area contributed by atoms with E-state index in [1.54, 1.807) is 14.2 Å². The van der Waals surface area contributed by atoms with Crippen LogP contribution in [-0.2, 0) is 6.42 Å². The summed E-state index contributed by atoms with van der Waals surface area (Å²) < 4.78 is 10.7. The number of guanidine groups is 1. The summed E-state index contributed by atoms with van der Waals surface area (Å²) >= 11 is 0. The van der Waals surface area contributed by atoms with E-state index in [1.165, 1.54) is 37.8 Å². The summed E-state index contributed by atoms with van der Waals surface area (Å²) in [6, 6.07) is 6.05. The van der Waals surface area contributed by atoms with Gasteiger partial charge >= 0.3 is 0 Å². The number of halogens is 1. The number of unbranched alkanes of at least 4 members (excludes halogenated alkanes) is 4. The molecule has 7 heteroatoms. The fourth-order valence-electron chi connectivity index (χ4n) is 2.96. The Hall–Kier alpha value is -1.22. The van der Waals surface area contributed by atoms with E-state index in [0.29, 0.717) is 0 Å². The lowest BCUT2D eigenvalue weighted by Crippen LogP contribution is -2.38. The zero-order valence-corrected chi connectivity index (χ0v) is 21.3. The molecule has 0 heterocycles. The molecule has 0 amide bonds. The zero-order chi connectivity index (χ0) is 20.6. The molecule has 0 saturated carbocycles. The van der Waals surface area contributed by atoms with E-state index in [9.17, 15) is 0 Å². The number of nitrogens with zero attached hydrogens (tertiary/aromatic N) is 2. The van der Waals surface area contributed by atoms with Crippen LogP contribution < -0.4 is 20.1 Å². The van der Waals surface area contributed by atoms with Gasteiger partial charge in [0.25, 0.3) is 0 Å². The van der Waals surface area contributed by atoms with Gasteiger partial charge in [-0.1, -0.05) is 25.3 Å². The van der Waals surface area contributed by atoms with Crippen molar-refractivity contribution in [2.75, 3.05) is 54.5 Å². The lowest BCUT2D eigenvalue weighted by molar-refractivity contribution is 0.354. The molecule has 1 aromatic rings. The summed E-state index contributed by atoms with van der Waals surface area (Å²) in [7, 11) is 7.59. The first-order chi connectivity index (χ1) is 13.6. The molecule has 0 spiro atoms. The van der Waals surface area contributed by atoms with Gasteiger partial charge in [-0.2, -0.15) is 0 Å². The Morgan fingerprint density at radius 2 is 1.66 bits per heavy atom. The standard InChI is InChI=1S/C22H40N4O2.HI/c1-6-23-22(24-15-10-8-7-9-11-17-26(2)3)25-16-14-19-12-13-20(27-4)21(18-19)28-5;/h12-13,18H,6-11,14-17H2,1-5H3,(H2,23,24,25);1H. The van der Waals surface area contributed by atoms with Gasteiger partial charge < -0.3 is 25.0 Å². The molecule has 0 unspecified atom stereocenters. The van der Waals surface area contributed by atoms with Crippen molar-refractivity contribution in [2.24, 2.45) is 4.99 Å². The van der Waals surface area contributed by atoms with Crippen LogP contribution in [0.5, 0.6) is 11.5 Å². The monoisotopic (exact) mass is 520 g/mol. The summed E-state index contributed by atoms with van der Waals surface area (Å²) in [6.07, 6.45) is 7.20. The van der Waals surface area contributed by atoms with Crippen molar-refractivity contribution in [1.82, 2.24) is 15.5 Å². The van der Waals surface area contributed by atoms with Gasteiger partial charge in [0, 0.05) is 19.6 Å². The van der Waals surface area contributed by atoms with Gasteiger partial charge in [0.15, 0.2) is 17.5 Å². The third kappa shape index (κ3) is 12.8. The van der Waals surface area contributed by atoms with E-state index in [1.807, 2.05) is 12.1 Å². The molecule has 1 aromatic carbocycles. The van der Waals surface area contributed by atoms with E-state index in [2.05, 4.69) is 42.6 Å². The summed E-state index contributed by atoms with van der Waals surface area (Å²) in [5.74, 6) is 2.43. The van der Waals surface area contributed by atoms with Crippen molar-refractivity contribution in [2.45, 2.75) is 45.4 Å². The van der Waals surface area contributed by atoms with E-state index < -0.39 is 0 Å². The molecule has 0 bridgehead atoms. The number of hydrogen-bond acceptors (Lipinski definition) is 4. The molecular weight excluding hydrogens is 479 g/mol. The van der Waals surface area contributed by atoms with Crippen LogP contribution in [0, 0.1) is 0 Å². The Morgan fingerprint density at radius 3 is 2.31 bits per heavy atom. The fraction of sp³-hybridized carbons (Fsp3) is 0.682. The Morgan fingerprint density at radius 1 is 0.966 bits per heavy atom. The number of ether oxygens (including phenoxy) is 2. The predicted octanol–water partition coefficient (Wildman–Crippen LogP) is 3.93. The first kappa shape index (κ1) is 27.8. The second-order valence-electron chi connectivity index (χ2n) is 7.20. The van der Waals surface area contributed by atoms with Crippen LogP contribution in [0.15, 0.2) is 23.2 Å². The quantitative estimate of drug-likeness (QED) is 0.169. The van der Waals surface area contributed by atoms with E-state index in [4.69, 9.17) is 14.5 Å². The molecular formula is C22H41IN4O2. The molecule has 168 valence electrons. The van der Waals surface area contributed by atoms with Crippen LogP contribution in [0.25, 0.3) is 0 Å². The van der Waals surface area contributed by atoms with E-state index >= 15 is 0 Å². The molecule has 1 rings (SSSR count). The molecule has 0 radical (unpaired) electrons. The maximum Gasteiger partial charge on any atom is 0.191 e. The summed E-state index contributed by atoms with van der Waals surface area (Å²) in [6.45, 7) is 5.85. The normalized spacial score (nSPS) is 11.2. The van der Waals surface area contributed by atoms with Gasteiger partial charge in [-0.15, -0.1) is 24.0 Å². The molecule has 0 aliphatic rings. The smallest absolute Gasteiger partial charge is 0.191 e.